The van der Waals surface area contributed by atoms with Crippen molar-refractivity contribution in [2.45, 2.75) is 17.7 Å². The number of aryl methyl sites for hydroxylation is 1. The quantitative estimate of drug-likeness (QED) is 0.640. The number of aromatic amines is 1. The van der Waals surface area contributed by atoms with E-state index in [1.54, 1.807) is 11.8 Å². The van der Waals surface area contributed by atoms with Crippen LogP contribution >= 0.6 is 11.8 Å². The topological polar surface area (TPSA) is 66.0 Å². The van der Waals surface area contributed by atoms with Gasteiger partial charge in [0.05, 0.1) is 5.69 Å². The van der Waals surface area contributed by atoms with Gasteiger partial charge in [-0.1, -0.05) is 18.2 Å². The second-order valence-electron chi connectivity index (χ2n) is 3.84. The minimum atomic E-state index is -0.544. The molecule has 2 aromatic rings. The lowest BCUT2D eigenvalue weighted by Crippen LogP contribution is -2.09. The van der Waals surface area contributed by atoms with Crippen molar-refractivity contribution in [3.8, 4) is 5.75 Å². The minimum absolute atomic E-state index is 0.268. The molecule has 0 spiro atoms. The summed E-state index contributed by atoms with van der Waals surface area (Å²) in [5, 5.41) is 15.4. The zero-order valence-corrected chi connectivity index (χ0v) is 10.6. The highest BCUT2D eigenvalue weighted by atomic mass is 32.2. The van der Waals surface area contributed by atoms with Gasteiger partial charge in [0.1, 0.15) is 0 Å². The summed E-state index contributed by atoms with van der Waals surface area (Å²) < 4.78 is 0. The second-order valence-corrected chi connectivity index (χ2v) is 5.01. The Morgan fingerprint density at radius 2 is 2.06 bits per heavy atom. The van der Waals surface area contributed by atoms with Gasteiger partial charge in [0.15, 0.2) is 5.75 Å². The van der Waals surface area contributed by atoms with Crippen LogP contribution in [-0.4, -0.2) is 21.1 Å². The number of rotatable bonds is 5. The molecular formula is C13H14N2O2S. The lowest BCUT2D eigenvalue weighted by atomic mass is 10.2. The average molecular weight is 262 g/mol. The average Bonchev–Trinajstić information content (AvgIpc) is 2.40. The molecule has 0 aliphatic rings. The monoisotopic (exact) mass is 262 g/mol. The highest BCUT2D eigenvalue weighted by molar-refractivity contribution is 7.99. The number of aromatic hydroxyl groups is 1. The molecule has 2 N–H and O–H groups in total. The molecule has 0 bridgehead atoms. The van der Waals surface area contributed by atoms with Crippen molar-refractivity contribution in [2.75, 3.05) is 5.75 Å². The van der Waals surface area contributed by atoms with Gasteiger partial charge in [0, 0.05) is 11.0 Å². The van der Waals surface area contributed by atoms with Crippen LogP contribution in [0, 0.1) is 0 Å². The van der Waals surface area contributed by atoms with Crippen molar-refractivity contribution in [1.29, 1.82) is 0 Å². The Balaban J connectivity index is 1.78. The first kappa shape index (κ1) is 12.7. The van der Waals surface area contributed by atoms with E-state index in [1.807, 2.05) is 18.2 Å². The Kier molecular flexibility index (Phi) is 4.41. The van der Waals surface area contributed by atoms with Gasteiger partial charge in [-0.05, 0) is 30.7 Å². The van der Waals surface area contributed by atoms with Gasteiger partial charge in [-0.15, -0.1) is 11.8 Å². The first-order valence-corrected chi connectivity index (χ1v) is 6.69. The number of thioether (sulfide) groups is 1. The van der Waals surface area contributed by atoms with Crippen molar-refractivity contribution in [3.63, 3.8) is 0 Å². The van der Waals surface area contributed by atoms with Gasteiger partial charge >= 0.3 is 5.56 Å². The molecule has 0 aliphatic carbocycles. The molecule has 1 aromatic carbocycles. The molecule has 0 radical (unpaired) electrons. The standard InChI is InChI=1S/C13H14N2O2S/c16-12-9-10(14-15-13(12)17)5-4-8-18-11-6-2-1-3-7-11/h1-3,6-7,9H,4-5,8H2,(H,14,16)(H,15,17). The van der Waals surface area contributed by atoms with E-state index < -0.39 is 5.56 Å². The summed E-state index contributed by atoms with van der Waals surface area (Å²) in [7, 11) is 0. The summed E-state index contributed by atoms with van der Waals surface area (Å²) in [5.74, 6) is 0.710. The maximum atomic E-state index is 10.9. The number of aromatic nitrogens is 2. The van der Waals surface area contributed by atoms with Gasteiger partial charge in [-0.3, -0.25) is 4.79 Å². The van der Waals surface area contributed by atoms with Crippen LogP contribution in [0.3, 0.4) is 0 Å². The van der Waals surface area contributed by atoms with Crippen LogP contribution in [-0.2, 0) is 6.42 Å². The summed E-state index contributed by atoms with van der Waals surface area (Å²) in [6.45, 7) is 0. The molecule has 94 valence electrons. The molecule has 0 unspecified atom stereocenters. The number of benzene rings is 1. The molecule has 0 amide bonds. The molecule has 18 heavy (non-hydrogen) atoms. The largest absolute Gasteiger partial charge is 0.503 e. The summed E-state index contributed by atoms with van der Waals surface area (Å²) >= 11 is 1.78. The number of hydrogen-bond acceptors (Lipinski definition) is 4. The van der Waals surface area contributed by atoms with Crippen molar-refractivity contribution in [1.82, 2.24) is 10.2 Å². The van der Waals surface area contributed by atoms with Crippen LogP contribution in [0.1, 0.15) is 12.1 Å². The molecule has 4 nitrogen and oxygen atoms in total. The van der Waals surface area contributed by atoms with Crippen molar-refractivity contribution in [3.05, 3.63) is 52.4 Å². The van der Waals surface area contributed by atoms with Gasteiger partial charge < -0.3 is 5.11 Å². The van der Waals surface area contributed by atoms with E-state index >= 15 is 0 Å². The van der Waals surface area contributed by atoms with Crippen LogP contribution in [0.4, 0.5) is 0 Å². The summed E-state index contributed by atoms with van der Waals surface area (Å²) in [6.07, 6.45) is 1.68. The Labute approximate surface area is 109 Å². The maximum absolute atomic E-state index is 10.9. The Morgan fingerprint density at radius 3 is 2.78 bits per heavy atom. The molecule has 0 atom stereocenters. The number of H-pyrrole nitrogens is 1. The second kappa shape index (κ2) is 6.26. The first-order chi connectivity index (χ1) is 8.75. The predicted molar refractivity (Wildman–Crippen MR) is 72.0 cm³/mol. The van der Waals surface area contributed by atoms with Gasteiger partial charge in [0.25, 0.3) is 0 Å². The smallest absolute Gasteiger partial charge is 0.306 e. The third kappa shape index (κ3) is 3.63. The maximum Gasteiger partial charge on any atom is 0.306 e. The van der Waals surface area contributed by atoms with Crippen LogP contribution in [0.5, 0.6) is 5.75 Å². The Bertz CT molecular complexity index is 554. The molecule has 0 fully saturated rings. The Morgan fingerprint density at radius 1 is 1.28 bits per heavy atom. The molecule has 0 saturated heterocycles. The van der Waals surface area contributed by atoms with Crippen molar-refractivity contribution < 1.29 is 5.11 Å². The molecule has 2 rings (SSSR count). The molecule has 1 heterocycles. The Hall–Kier alpha value is -1.75. The van der Waals surface area contributed by atoms with Crippen LogP contribution < -0.4 is 5.56 Å². The fourth-order valence-corrected chi connectivity index (χ4v) is 2.40. The van der Waals surface area contributed by atoms with Gasteiger partial charge in [-0.25, -0.2) is 5.10 Å². The number of hydrogen-bond donors (Lipinski definition) is 2. The lowest BCUT2D eigenvalue weighted by molar-refractivity contribution is 0.462. The normalized spacial score (nSPS) is 10.4. The SMILES string of the molecule is O=c1[nH]nc(CCCSc2ccccc2)cc1O. The summed E-state index contributed by atoms with van der Waals surface area (Å²) in [6, 6.07) is 11.6. The van der Waals surface area contributed by atoms with E-state index in [9.17, 15) is 9.90 Å². The van der Waals surface area contributed by atoms with Crippen LogP contribution in [0.15, 0.2) is 46.1 Å². The van der Waals surface area contributed by atoms with Gasteiger partial charge in [0.2, 0.25) is 0 Å². The highest BCUT2D eigenvalue weighted by Crippen LogP contribution is 2.18. The van der Waals surface area contributed by atoms with E-state index in [0.717, 1.165) is 18.6 Å². The fraction of sp³-hybridized carbons (Fsp3) is 0.231. The summed E-state index contributed by atoms with van der Waals surface area (Å²) in [5.41, 5.74) is 0.165. The molecule has 0 aliphatic heterocycles. The zero-order chi connectivity index (χ0) is 12.8. The van der Waals surface area contributed by atoms with E-state index in [0.29, 0.717) is 5.69 Å². The molecule has 1 aromatic heterocycles. The van der Waals surface area contributed by atoms with E-state index in [-0.39, 0.29) is 5.75 Å². The van der Waals surface area contributed by atoms with E-state index in [1.165, 1.54) is 11.0 Å². The third-order valence-corrected chi connectivity index (χ3v) is 3.52. The predicted octanol–water partition coefficient (Wildman–Crippen LogP) is 2.20. The first-order valence-electron chi connectivity index (χ1n) is 5.71. The summed E-state index contributed by atoms with van der Waals surface area (Å²) in [4.78, 5) is 12.2. The minimum Gasteiger partial charge on any atom is -0.503 e. The van der Waals surface area contributed by atoms with Gasteiger partial charge in [-0.2, -0.15) is 5.10 Å². The molecule has 5 heteroatoms. The number of nitrogens with one attached hydrogen (secondary N) is 1. The van der Waals surface area contributed by atoms with Crippen LogP contribution in [0.2, 0.25) is 0 Å². The van der Waals surface area contributed by atoms with Crippen molar-refractivity contribution in [2.24, 2.45) is 0 Å². The fourth-order valence-electron chi connectivity index (χ4n) is 1.52. The molecule has 0 saturated carbocycles. The van der Waals surface area contributed by atoms with E-state index in [2.05, 4.69) is 22.3 Å². The number of nitrogens with zero attached hydrogens (tertiary/aromatic N) is 1. The third-order valence-electron chi connectivity index (χ3n) is 2.43. The van der Waals surface area contributed by atoms with E-state index in [4.69, 9.17) is 0 Å². The van der Waals surface area contributed by atoms with Crippen LogP contribution in [0.25, 0.3) is 0 Å². The van der Waals surface area contributed by atoms with Crippen molar-refractivity contribution >= 4 is 11.8 Å². The highest BCUT2D eigenvalue weighted by Gasteiger charge is 2.01. The zero-order valence-electron chi connectivity index (χ0n) is 9.80. The molecular weight excluding hydrogens is 248 g/mol. The lowest BCUT2D eigenvalue weighted by Gasteiger charge is -2.01.